The largest absolute Gasteiger partial charge is 0.310 e. The van der Waals surface area contributed by atoms with Crippen LogP contribution in [0.5, 0.6) is 0 Å². The molecular formula is C14H22ClNS. The molecule has 0 spiro atoms. The molecule has 0 radical (unpaired) electrons. The smallest absolute Gasteiger partial charge is 0.0438 e. The van der Waals surface area contributed by atoms with E-state index in [1.165, 1.54) is 11.3 Å². The predicted molar refractivity (Wildman–Crippen MR) is 80.2 cm³/mol. The van der Waals surface area contributed by atoms with Crippen LogP contribution in [0.15, 0.2) is 18.2 Å². The van der Waals surface area contributed by atoms with Crippen molar-refractivity contribution in [2.75, 3.05) is 18.6 Å². The third-order valence-corrected chi connectivity index (χ3v) is 3.90. The van der Waals surface area contributed by atoms with E-state index in [0.717, 1.165) is 30.0 Å². The summed E-state index contributed by atoms with van der Waals surface area (Å²) in [6.07, 6.45) is 4.47. The Morgan fingerprint density at radius 1 is 1.41 bits per heavy atom. The number of aryl methyl sites for hydroxylation is 1. The summed E-state index contributed by atoms with van der Waals surface area (Å²) in [6, 6.07) is 6.83. The van der Waals surface area contributed by atoms with Crippen molar-refractivity contribution >= 4 is 23.4 Å². The SMILES string of the molecule is CCCNC(CCSC)c1ccc(C)c(Cl)c1. The summed E-state index contributed by atoms with van der Waals surface area (Å²) in [4.78, 5) is 0. The molecule has 0 bridgehead atoms. The third-order valence-electron chi connectivity index (χ3n) is 2.85. The van der Waals surface area contributed by atoms with Gasteiger partial charge in [-0.3, -0.25) is 0 Å². The van der Waals surface area contributed by atoms with Crippen LogP contribution in [0.3, 0.4) is 0 Å². The molecule has 0 amide bonds. The lowest BCUT2D eigenvalue weighted by molar-refractivity contribution is 0.521. The van der Waals surface area contributed by atoms with Gasteiger partial charge in [-0.15, -0.1) is 0 Å². The second-order valence-corrected chi connectivity index (χ2v) is 5.69. The van der Waals surface area contributed by atoms with E-state index in [4.69, 9.17) is 11.6 Å². The van der Waals surface area contributed by atoms with Crippen LogP contribution in [0, 0.1) is 6.92 Å². The molecule has 1 aromatic rings. The zero-order chi connectivity index (χ0) is 12.7. The number of thioether (sulfide) groups is 1. The maximum atomic E-state index is 6.19. The summed E-state index contributed by atoms with van der Waals surface area (Å²) in [5.74, 6) is 1.17. The summed E-state index contributed by atoms with van der Waals surface area (Å²) < 4.78 is 0. The molecule has 3 heteroatoms. The number of rotatable bonds is 7. The lowest BCUT2D eigenvalue weighted by atomic mass is 10.0. The standard InChI is InChI=1S/C14H22ClNS/c1-4-8-16-14(7-9-17-3)12-6-5-11(2)13(15)10-12/h5-6,10,14,16H,4,7-9H2,1-3H3. The molecule has 0 saturated heterocycles. The summed E-state index contributed by atoms with van der Waals surface area (Å²) >= 11 is 8.09. The number of benzene rings is 1. The van der Waals surface area contributed by atoms with Crippen molar-refractivity contribution in [3.8, 4) is 0 Å². The fraction of sp³-hybridized carbons (Fsp3) is 0.571. The minimum atomic E-state index is 0.431. The van der Waals surface area contributed by atoms with Crippen LogP contribution in [0.4, 0.5) is 0 Å². The molecule has 17 heavy (non-hydrogen) atoms. The number of nitrogens with one attached hydrogen (secondary N) is 1. The average molecular weight is 272 g/mol. The monoisotopic (exact) mass is 271 g/mol. The van der Waals surface area contributed by atoms with Gasteiger partial charge in [0.2, 0.25) is 0 Å². The fourth-order valence-electron chi connectivity index (χ4n) is 1.77. The van der Waals surface area contributed by atoms with Gasteiger partial charge in [-0.05, 0) is 55.5 Å². The molecule has 1 atom stereocenters. The Kier molecular flexibility index (Phi) is 7.02. The molecule has 0 aliphatic carbocycles. The number of halogens is 1. The van der Waals surface area contributed by atoms with Crippen LogP contribution >= 0.6 is 23.4 Å². The molecule has 0 saturated carbocycles. The van der Waals surface area contributed by atoms with Crippen molar-refractivity contribution in [3.63, 3.8) is 0 Å². The van der Waals surface area contributed by atoms with Gasteiger partial charge in [0.25, 0.3) is 0 Å². The van der Waals surface area contributed by atoms with Crippen molar-refractivity contribution in [1.82, 2.24) is 5.32 Å². The molecule has 1 nitrogen and oxygen atoms in total. The number of hydrogen-bond acceptors (Lipinski definition) is 2. The highest BCUT2D eigenvalue weighted by atomic mass is 35.5. The van der Waals surface area contributed by atoms with E-state index in [2.05, 4.69) is 36.7 Å². The Morgan fingerprint density at radius 3 is 2.76 bits per heavy atom. The van der Waals surface area contributed by atoms with Gasteiger partial charge in [0.1, 0.15) is 0 Å². The van der Waals surface area contributed by atoms with E-state index in [-0.39, 0.29) is 0 Å². The van der Waals surface area contributed by atoms with Crippen molar-refractivity contribution in [2.45, 2.75) is 32.7 Å². The Morgan fingerprint density at radius 2 is 2.18 bits per heavy atom. The van der Waals surface area contributed by atoms with Crippen molar-refractivity contribution in [2.24, 2.45) is 0 Å². The van der Waals surface area contributed by atoms with E-state index in [1.807, 2.05) is 18.7 Å². The molecule has 0 fully saturated rings. The van der Waals surface area contributed by atoms with Gasteiger partial charge in [0.05, 0.1) is 0 Å². The summed E-state index contributed by atoms with van der Waals surface area (Å²) in [6.45, 7) is 5.30. The molecule has 0 aromatic heterocycles. The molecule has 0 aliphatic rings. The van der Waals surface area contributed by atoms with Crippen LogP contribution in [0.25, 0.3) is 0 Å². The predicted octanol–water partition coefficient (Wildman–Crippen LogP) is 4.44. The van der Waals surface area contributed by atoms with Crippen molar-refractivity contribution in [1.29, 1.82) is 0 Å². The van der Waals surface area contributed by atoms with Crippen LogP contribution < -0.4 is 5.32 Å². The Labute approximate surface area is 114 Å². The number of hydrogen-bond donors (Lipinski definition) is 1. The first-order valence-electron chi connectivity index (χ1n) is 6.17. The van der Waals surface area contributed by atoms with Crippen molar-refractivity contribution in [3.05, 3.63) is 34.3 Å². The molecular weight excluding hydrogens is 250 g/mol. The lowest BCUT2D eigenvalue weighted by Gasteiger charge is -2.19. The van der Waals surface area contributed by atoms with Crippen LogP contribution in [-0.4, -0.2) is 18.6 Å². The van der Waals surface area contributed by atoms with Crippen molar-refractivity contribution < 1.29 is 0 Å². The van der Waals surface area contributed by atoms with Crippen LogP contribution in [0.1, 0.15) is 36.9 Å². The Hall–Kier alpha value is -0.180. The van der Waals surface area contributed by atoms with E-state index >= 15 is 0 Å². The lowest BCUT2D eigenvalue weighted by Crippen LogP contribution is -2.22. The summed E-state index contributed by atoms with van der Waals surface area (Å²) in [7, 11) is 0. The first-order valence-corrected chi connectivity index (χ1v) is 7.94. The first kappa shape index (κ1) is 14.9. The molecule has 1 rings (SSSR count). The van der Waals surface area contributed by atoms with Gasteiger partial charge < -0.3 is 5.32 Å². The highest BCUT2D eigenvalue weighted by Gasteiger charge is 2.11. The Bertz CT molecular complexity index is 333. The van der Waals surface area contributed by atoms with Gasteiger partial charge in [-0.1, -0.05) is 30.7 Å². The second-order valence-electron chi connectivity index (χ2n) is 4.30. The van der Waals surface area contributed by atoms with Crippen LogP contribution in [0.2, 0.25) is 5.02 Å². The van der Waals surface area contributed by atoms with Crippen LogP contribution in [-0.2, 0) is 0 Å². The van der Waals surface area contributed by atoms with E-state index < -0.39 is 0 Å². The van der Waals surface area contributed by atoms with E-state index in [1.54, 1.807) is 0 Å². The normalized spacial score (nSPS) is 12.7. The zero-order valence-corrected chi connectivity index (χ0v) is 12.5. The molecule has 1 N–H and O–H groups in total. The molecule has 96 valence electrons. The third kappa shape index (κ3) is 4.90. The first-order chi connectivity index (χ1) is 8.19. The van der Waals surface area contributed by atoms with Gasteiger partial charge in [0, 0.05) is 11.1 Å². The summed E-state index contributed by atoms with van der Waals surface area (Å²) in [5, 5.41) is 4.47. The zero-order valence-electron chi connectivity index (χ0n) is 10.9. The second kappa shape index (κ2) is 8.02. The molecule has 0 heterocycles. The highest BCUT2D eigenvalue weighted by Crippen LogP contribution is 2.24. The Balaban J connectivity index is 2.75. The topological polar surface area (TPSA) is 12.0 Å². The fourth-order valence-corrected chi connectivity index (χ4v) is 2.43. The maximum absolute atomic E-state index is 6.19. The minimum absolute atomic E-state index is 0.431. The average Bonchev–Trinajstić information content (AvgIpc) is 2.33. The van der Waals surface area contributed by atoms with Gasteiger partial charge in [-0.25, -0.2) is 0 Å². The van der Waals surface area contributed by atoms with Gasteiger partial charge >= 0.3 is 0 Å². The molecule has 0 aliphatic heterocycles. The van der Waals surface area contributed by atoms with E-state index in [0.29, 0.717) is 6.04 Å². The maximum Gasteiger partial charge on any atom is 0.0438 e. The quantitative estimate of drug-likeness (QED) is 0.787. The minimum Gasteiger partial charge on any atom is -0.310 e. The van der Waals surface area contributed by atoms with E-state index in [9.17, 15) is 0 Å². The molecule has 1 aromatic carbocycles. The molecule has 1 unspecified atom stereocenters. The summed E-state index contributed by atoms with van der Waals surface area (Å²) in [5.41, 5.74) is 2.46. The van der Waals surface area contributed by atoms with Gasteiger partial charge in [0.15, 0.2) is 0 Å². The van der Waals surface area contributed by atoms with Gasteiger partial charge in [-0.2, -0.15) is 11.8 Å². The highest BCUT2D eigenvalue weighted by molar-refractivity contribution is 7.98.